The fourth-order valence-electron chi connectivity index (χ4n) is 8.02. The minimum Gasteiger partial charge on any atom is -0.493 e. The molecule has 0 aliphatic rings. The average Bonchev–Trinajstić information content (AvgIpc) is 3.63. The molecule has 0 spiro atoms. The van der Waals surface area contributed by atoms with Crippen LogP contribution in [-0.4, -0.2) is 13.2 Å². The third-order valence-electron chi connectivity index (χ3n) is 11.6. The molecule has 0 aliphatic carbocycles. The first-order valence-corrected chi connectivity index (χ1v) is 22.9. The van der Waals surface area contributed by atoms with Gasteiger partial charge in [0.2, 0.25) is 0 Å². The maximum Gasteiger partial charge on any atom is 0.127 e. The number of hydrogen-bond donors (Lipinski definition) is 0. The molecular formula is C52H66O2S2. The average molecular weight is 787 g/mol. The summed E-state index contributed by atoms with van der Waals surface area (Å²) in [7, 11) is 0. The van der Waals surface area contributed by atoms with Crippen molar-refractivity contribution in [1.82, 2.24) is 0 Å². The van der Waals surface area contributed by atoms with Gasteiger partial charge in [0.15, 0.2) is 0 Å². The molecule has 0 amide bonds. The van der Waals surface area contributed by atoms with Gasteiger partial charge in [0, 0.05) is 30.6 Å². The topological polar surface area (TPSA) is 18.5 Å². The lowest BCUT2D eigenvalue weighted by atomic mass is 9.84. The normalized spacial score (nSPS) is 12.3. The lowest BCUT2D eigenvalue weighted by Gasteiger charge is -2.22. The first-order valence-electron chi connectivity index (χ1n) is 21.3. The van der Waals surface area contributed by atoms with E-state index in [4.69, 9.17) is 9.47 Å². The highest BCUT2D eigenvalue weighted by Crippen LogP contribution is 2.50. The fraction of sp³-hybridized carbons (Fsp3) is 0.462. The zero-order valence-electron chi connectivity index (χ0n) is 36.5. The molecule has 0 radical (unpaired) electrons. The zero-order chi connectivity index (χ0) is 40.4. The maximum atomic E-state index is 6.78. The maximum absolute atomic E-state index is 6.78. The standard InChI is InChI=1S/C52H66O2S2/c1-13-15-17-19-29-53-43-27-22-37-31-39(47-33(3)34(4)48(55-47)49-35(5)36(6)50(56-49)52(10,11)12)21-25-41(37)45(43)46-42-26-24-40(51(7,8)9)32-38(42)23-28-44(46)54-30-20-18-16-14-2/h21-28,31-32H,13-20,29-30H2,1-12H3. The first-order chi connectivity index (χ1) is 26.6. The molecular weight excluding hydrogens is 721 g/mol. The van der Waals surface area contributed by atoms with Crippen LogP contribution < -0.4 is 9.47 Å². The van der Waals surface area contributed by atoms with Gasteiger partial charge in [-0.15, -0.1) is 22.7 Å². The summed E-state index contributed by atoms with van der Waals surface area (Å²) < 4.78 is 13.5. The predicted molar refractivity (Wildman–Crippen MR) is 249 cm³/mol. The van der Waals surface area contributed by atoms with Crippen LogP contribution in [0.1, 0.15) is 139 Å². The van der Waals surface area contributed by atoms with Gasteiger partial charge in [0.1, 0.15) is 11.5 Å². The van der Waals surface area contributed by atoms with Gasteiger partial charge in [-0.3, -0.25) is 0 Å². The third kappa shape index (κ3) is 8.77. The van der Waals surface area contributed by atoms with E-state index in [2.05, 4.69) is 144 Å². The molecule has 0 bridgehead atoms. The summed E-state index contributed by atoms with van der Waals surface area (Å²) in [5.74, 6) is 1.88. The number of benzene rings is 4. The molecule has 298 valence electrons. The van der Waals surface area contributed by atoms with E-state index in [-0.39, 0.29) is 10.8 Å². The first kappa shape index (κ1) is 42.0. The fourth-order valence-corrected chi connectivity index (χ4v) is 10.9. The molecule has 2 nitrogen and oxygen atoms in total. The minimum absolute atomic E-state index is 0.0550. The van der Waals surface area contributed by atoms with E-state index >= 15 is 0 Å². The predicted octanol–water partition coefficient (Wildman–Crippen LogP) is 16.9. The molecule has 0 fully saturated rings. The van der Waals surface area contributed by atoms with E-state index in [1.54, 1.807) is 0 Å². The molecule has 0 atom stereocenters. The quantitative estimate of drug-likeness (QED) is 0.0965. The van der Waals surface area contributed by atoms with E-state index < -0.39 is 0 Å². The highest BCUT2D eigenvalue weighted by molar-refractivity contribution is 7.24. The second-order valence-electron chi connectivity index (χ2n) is 18.1. The number of fused-ring (bicyclic) bond motifs is 2. The molecule has 0 unspecified atom stereocenters. The lowest BCUT2D eigenvalue weighted by Crippen LogP contribution is -2.10. The third-order valence-corrected chi connectivity index (χ3v) is 15.1. The number of thiophene rings is 2. The Labute approximate surface area is 346 Å². The molecule has 0 saturated carbocycles. The molecule has 4 aromatic carbocycles. The Bertz CT molecular complexity index is 2300. The van der Waals surface area contributed by atoms with Gasteiger partial charge >= 0.3 is 0 Å². The smallest absolute Gasteiger partial charge is 0.127 e. The Hall–Kier alpha value is -3.60. The van der Waals surface area contributed by atoms with E-state index in [0.717, 1.165) is 35.5 Å². The molecule has 4 heteroatoms. The van der Waals surface area contributed by atoms with Crippen LogP contribution in [-0.2, 0) is 10.8 Å². The molecule has 0 N–H and O–H groups in total. The van der Waals surface area contributed by atoms with Crippen molar-refractivity contribution in [1.29, 1.82) is 0 Å². The van der Waals surface area contributed by atoms with Crippen molar-refractivity contribution in [2.75, 3.05) is 13.2 Å². The Morgan fingerprint density at radius 2 is 0.982 bits per heavy atom. The van der Waals surface area contributed by atoms with Gasteiger partial charge < -0.3 is 9.47 Å². The van der Waals surface area contributed by atoms with Crippen molar-refractivity contribution >= 4 is 44.2 Å². The zero-order valence-corrected chi connectivity index (χ0v) is 38.1. The Morgan fingerprint density at radius 3 is 1.50 bits per heavy atom. The molecule has 56 heavy (non-hydrogen) atoms. The van der Waals surface area contributed by atoms with Crippen molar-refractivity contribution in [2.45, 2.75) is 145 Å². The molecule has 2 heterocycles. The number of hydrogen-bond acceptors (Lipinski definition) is 4. The van der Waals surface area contributed by atoms with Crippen LogP contribution in [0, 0.1) is 27.7 Å². The van der Waals surface area contributed by atoms with E-state index in [1.807, 2.05) is 22.7 Å². The summed E-state index contributed by atoms with van der Waals surface area (Å²) >= 11 is 3.95. The summed E-state index contributed by atoms with van der Waals surface area (Å²) in [4.78, 5) is 5.69. The number of unbranched alkanes of at least 4 members (excludes halogenated alkanes) is 6. The van der Waals surface area contributed by atoms with Gasteiger partial charge in [-0.05, 0) is 124 Å². The molecule has 6 rings (SSSR count). The minimum atomic E-state index is 0.0550. The van der Waals surface area contributed by atoms with Crippen LogP contribution in [0.25, 0.3) is 52.9 Å². The summed E-state index contributed by atoms with van der Waals surface area (Å²) in [6, 6.07) is 23.1. The Morgan fingerprint density at radius 1 is 0.482 bits per heavy atom. The van der Waals surface area contributed by atoms with Gasteiger partial charge in [0.25, 0.3) is 0 Å². The van der Waals surface area contributed by atoms with Crippen molar-refractivity contribution < 1.29 is 9.47 Å². The molecule has 6 aromatic rings. The largest absolute Gasteiger partial charge is 0.493 e. The Balaban J connectivity index is 1.52. The van der Waals surface area contributed by atoms with Crippen LogP contribution in [0.15, 0.2) is 60.7 Å². The van der Waals surface area contributed by atoms with E-state index in [1.165, 1.54) is 113 Å². The summed E-state index contributed by atoms with van der Waals surface area (Å²) in [5.41, 5.74) is 10.7. The van der Waals surface area contributed by atoms with Crippen LogP contribution >= 0.6 is 22.7 Å². The van der Waals surface area contributed by atoms with Crippen LogP contribution in [0.3, 0.4) is 0 Å². The van der Waals surface area contributed by atoms with Crippen LogP contribution in [0.4, 0.5) is 0 Å². The second kappa shape index (κ2) is 17.5. The van der Waals surface area contributed by atoms with Crippen molar-refractivity contribution in [2.24, 2.45) is 0 Å². The van der Waals surface area contributed by atoms with Crippen molar-refractivity contribution in [3.8, 4) is 42.8 Å². The highest BCUT2D eigenvalue weighted by Gasteiger charge is 2.26. The van der Waals surface area contributed by atoms with Gasteiger partial charge in [-0.25, -0.2) is 0 Å². The van der Waals surface area contributed by atoms with Gasteiger partial charge in [0.05, 0.1) is 13.2 Å². The Kier molecular flexibility index (Phi) is 13.1. The van der Waals surface area contributed by atoms with Crippen molar-refractivity contribution in [3.05, 3.63) is 93.4 Å². The van der Waals surface area contributed by atoms with Gasteiger partial charge in [-0.2, -0.15) is 0 Å². The van der Waals surface area contributed by atoms with E-state index in [9.17, 15) is 0 Å². The van der Waals surface area contributed by atoms with E-state index in [0.29, 0.717) is 13.2 Å². The molecule has 0 saturated heterocycles. The van der Waals surface area contributed by atoms with Gasteiger partial charge in [-0.1, -0.05) is 136 Å². The summed E-state index contributed by atoms with van der Waals surface area (Å²) in [6.07, 6.45) is 9.37. The monoisotopic (exact) mass is 786 g/mol. The van der Waals surface area contributed by atoms with Crippen LogP contribution in [0.5, 0.6) is 11.5 Å². The number of ether oxygens (including phenoxy) is 2. The highest BCUT2D eigenvalue weighted by atomic mass is 32.1. The summed E-state index contributed by atoms with van der Waals surface area (Å²) in [5, 5.41) is 4.87. The van der Waals surface area contributed by atoms with Crippen molar-refractivity contribution in [3.63, 3.8) is 0 Å². The second-order valence-corrected chi connectivity index (χ2v) is 20.1. The summed E-state index contributed by atoms with van der Waals surface area (Å²) in [6.45, 7) is 29.1. The SMILES string of the molecule is CCCCCCOc1ccc2cc(-c3sc(-c4sc(C(C)(C)C)c(C)c4C)c(C)c3C)ccc2c1-c1c(OCCCCCC)ccc2cc(C(C)(C)C)ccc12. The molecule has 0 aliphatic heterocycles. The van der Waals surface area contributed by atoms with Crippen LogP contribution in [0.2, 0.25) is 0 Å². The lowest BCUT2D eigenvalue weighted by molar-refractivity contribution is 0.302. The molecule has 2 aromatic heterocycles. The number of rotatable bonds is 15.